The summed E-state index contributed by atoms with van der Waals surface area (Å²) < 4.78 is 5.39. The van der Waals surface area contributed by atoms with Crippen molar-refractivity contribution >= 4 is 5.57 Å². The van der Waals surface area contributed by atoms with E-state index in [9.17, 15) is 0 Å². The predicted molar refractivity (Wildman–Crippen MR) is 77.3 cm³/mol. The Morgan fingerprint density at radius 3 is 2.42 bits per heavy atom. The number of rotatable bonds is 2. The summed E-state index contributed by atoms with van der Waals surface area (Å²) in [4.78, 5) is 4.07. The zero-order chi connectivity index (χ0) is 13.5. The van der Waals surface area contributed by atoms with Gasteiger partial charge in [0.05, 0.1) is 7.11 Å². The molecule has 0 saturated carbocycles. The molecule has 0 saturated heterocycles. The highest BCUT2D eigenvalue weighted by Gasteiger charge is 2.30. The van der Waals surface area contributed by atoms with Crippen LogP contribution in [-0.4, -0.2) is 12.1 Å². The molecule has 19 heavy (non-hydrogen) atoms. The van der Waals surface area contributed by atoms with Gasteiger partial charge in [-0.2, -0.15) is 0 Å². The number of fused-ring (bicyclic) bond motifs is 1. The van der Waals surface area contributed by atoms with Crippen molar-refractivity contribution in [1.82, 2.24) is 4.98 Å². The third kappa shape index (κ3) is 2.03. The summed E-state index contributed by atoms with van der Waals surface area (Å²) in [6.45, 7) is 4.43. The van der Waals surface area contributed by atoms with Crippen LogP contribution in [0, 0.1) is 5.41 Å². The minimum absolute atomic E-state index is 0.000701. The van der Waals surface area contributed by atoms with Crippen molar-refractivity contribution in [2.75, 3.05) is 7.11 Å². The molecular weight excluding hydrogens is 234 g/mol. The van der Waals surface area contributed by atoms with Crippen molar-refractivity contribution in [1.29, 1.82) is 0 Å². The minimum atomic E-state index is 0.000701. The van der Waals surface area contributed by atoms with Gasteiger partial charge in [-0.3, -0.25) is 4.98 Å². The Bertz CT molecular complexity index is 630. The quantitative estimate of drug-likeness (QED) is 0.795. The van der Waals surface area contributed by atoms with E-state index in [0.717, 1.165) is 5.76 Å². The van der Waals surface area contributed by atoms with Crippen LogP contribution in [0.5, 0.6) is 0 Å². The van der Waals surface area contributed by atoms with Crippen molar-refractivity contribution in [2.45, 2.75) is 13.8 Å². The van der Waals surface area contributed by atoms with Crippen LogP contribution in [0.1, 0.15) is 19.4 Å². The SMILES string of the molecule is COC1=CC(C)(C)C2=CC(c3ccncc3)=CC2=C1. The van der Waals surface area contributed by atoms with E-state index in [4.69, 9.17) is 4.74 Å². The Morgan fingerprint density at radius 2 is 1.74 bits per heavy atom. The average Bonchev–Trinajstić information content (AvgIpc) is 2.84. The van der Waals surface area contributed by atoms with Crippen molar-refractivity contribution in [3.63, 3.8) is 0 Å². The molecule has 0 amide bonds. The van der Waals surface area contributed by atoms with Crippen LogP contribution >= 0.6 is 0 Å². The second-order valence-corrected chi connectivity index (χ2v) is 5.47. The van der Waals surface area contributed by atoms with Gasteiger partial charge in [0.2, 0.25) is 0 Å². The summed E-state index contributed by atoms with van der Waals surface area (Å²) in [5.41, 5.74) is 5.03. The van der Waals surface area contributed by atoms with E-state index in [1.54, 1.807) is 7.11 Å². The summed E-state index contributed by atoms with van der Waals surface area (Å²) in [6.07, 6.45) is 12.4. The van der Waals surface area contributed by atoms with E-state index in [-0.39, 0.29) is 5.41 Å². The van der Waals surface area contributed by atoms with E-state index >= 15 is 0 Å². The second kappa shape index (κ2) is 4.23. The lowest BCUT2D eigenvalue weighted by Crippen LogP contribution is -2.16. The molecule has 0 fully saturated rings. The largest absolute Gasteiger partial charge is 0.497 e. The predicted octanol–water partition coefficient (Wildman–Crippen LogP) is 3.90. The molecule has 2 heteroatoms. The smallest absolute Gasteiger partial charge is 0.116 e. The topological polar surface area (TPSA) is 22.1 Å². The van der Waals surface area contributed by atoms with Crippen molar-refractivity contribution in [3.05, 3.63) is 71.3 Å². The number of hydrogen-bond donors (Lipinski definition) is 0. The summed E-state index contributed by atoms with van der Waals surface area (Å²) in [5.74, 6) is 0.935. The van der Waals surface area contributed by atoms with Gasteiger partial charge in [-0.15, -0.1) is 0 Å². The molecule has 2 aliphatic carbocycles. The Labute approximate surface area is 113 Å². The third-order valence-corrected chi connectivity index (χ3v) is 3.67. The zero-order valence-electron chi connectivity index (χ0n) is 11.5. The number of allylic oxidation sites excluding steroid dienone is 7. The molecule has 0 bridgehead atoms. The van der Waals surface area contributed by atoms with Crippen molar-refractivity contribution in [3.8, 4) is 0 Å². The average molecular weight is 251 g/mol. The molecular formula is C17H17NO. The summed E-state index contributed by atoms with van der Waals surface area (Å²) in [6, 6.07) is 4.08. The summed E-state index contributed by atoms with van der Waals surface area (Å²) in [5, 5.41) is 0. The second-order valence-electron chi connectivity index (χ2n) is 5.47. The number of ether oxygens (including phenoxy) is 1. The molecule has 0 radical (unpaired) electrons. The van der Waals surface area contributed by atoms with Crippen LogP contribution in [0.15, 0.2) is 65.7 Å². The molecule has 0 atom stereocenters. The van der Waals surface area contributed by atoms with Crippen LogP contribution in [0.3, 0.4) is 0 Å². The van der Waals surface area contributed by atoms with Gasteiger partial charge >= 0.3 is 0 Å². The van der Waals surface area contributed by atoms with Gasteiger partial charge in [0.15, 0.2) is 0 Å². The molecule has 1 aromatic rings. The molecule has 0 unspecified atom stereocenters. The van der Waals surface area contributed by atoms with E-state index in [1.165, 1.54) is 22.3 Å². The lowest BCUT2D eigenvalue weighted by atomic mass is 9.78. The Morgan fingerprint density at radius 1 is 1.00 bits per heavy atom. The molecule has 0 spiro atoms. The van der Waals surface area contributed by atoms with Gasteiger partial charge < -0.3 is 4.74 Å². The van der Waals surface area contributed by atoms with Gasteiger partial charge in [-0.05, 0) is 58.7 Å². The number of methoxy groups -OCH3 is 1. The zero-order valence-corrected chi connectivity index (χ0v) is 11.5. The van der Waals surface area contributed by atoms with Gasteiger partial charge in [-0.25, -0.2) is 0 Å². The number of aromatic nitrogens is 1. The Kier molecular flexibility index (Phi) is 2.67. The van der Waals surface area contributed by atoms with E-state index in [0.29, 0.717) is 0 Å². The number of nitrogens with zero attached hydrogens (tertiary/aromatic N) is 1. The van der Waals surface area contributed by atoms with Crippen LogP contribution in [0.2, 0.25) is 0 Å². The fourth-order valence-electron chi connectivity index (χ4n) is 2.66. The van der Waals surface area contributed by atoms with Crippen LogP contribution in [-0.2, 0) is 4.74 Å². The first-order chi connectivity index (χ1) is 9.10. The molecule has 3 rings (SSSR count). The van der Waals surface area contributed by atoms with E-state index in [2.05, 4.69) is 43.1 Å². The first kappa shape index (κ1) is 12.0. The molecule has 0 aliphatic heterocycles. The Hall–Kier alpha value is -2.09. The van der Waals surface area contributed by atoms with Crippen molar-refractivity contribution in [2.24, 2.45) is 5.41 Å². The summed E-state index contributed by atoms with van der Waals surface area (Å²) in [7, 11) is 1.72. The standard InChI is InChI=1S/C17H17NO/c1-17(2)11-15(19-3)9-14-8-13(10-16(14)17)12-4-6-18-7-5-12/h4-11H,1-3H3. The molecule has 0 N–H and O–H groups in total. The molecule has 1 aromatic heterocycles. The van der Waals surface area contributed by atoms with Gasteiger partial charge in [-0.1, -0.05) is 13.8 Å². The maximum Gasteiger partial charge on any atom is 0.116 e. The maximum atomic E-state index is 5.39. The molecule has 1 heterocycles. The van der Waals surface area contributed by atoms with Crippen LogP contribution < -0.4 is 0 Å². The van der Waals surface area contributed by atoms with Crippen molar-refractivity contribution < 1.29 is 4.74 Å². The number of hydrogen-bond acceptors (Lipinski definition) is 2. The van der Waals surface area contributed by atoms with E-state index in [1.807, 2.05) is 24.5 Å². The monoisotopic (exact) mass is 251 g/mol. The highest BCUT2D eigenvalue weighted by Crippen LogP contribution is 2.45. The van der Waals surface area contributed by atoms with Gasteiger partial charge in [0.1, 0.15) is 5.76 Å². The third-order valence-electron chi connectivity index (χ3n) is 3.67. The van der Waals surface area contributed by atoms with Gasteiger partial charge in [0.25, 0.3) is 0 Å². The highest BCUT2D eigenvalue weighted by atomic mass is 16.5. The number of pyridine rings is 1. The first-order valence-electron chi connectivity index (χ1n) is 6.43. The minimum Gasteiger partial charge on any atom is -0.497 e. The Balaban J connectivity index is 2.06. The van der Waals surface area contributed by atoms with Gasteiger partial charge in [0, 0.05) is 17.8 Å². The fourth-order valence-corrected chi connectivity index (χ4v) is 2.66. The fraction of sp³-hybridized carbons (Fsp3) is 0.235. The lowest BCUT2D eigenvalue weighted by Gasteiger charge is -2.28. The first-order valence-corrected chi connectivity index (χ1v) is 6.43. The normalized spacial score (nSPS) is 19.9. The maximum absolute atomic E-state index is 5.39. The summed E-state index contributed by atoms with van der Waals surface area (Å²) >= 11 is 0. The molecule has 0 aromatic carbocycles. The lowest BCUT2D eigenvalue weighted by molar-refractivity contribution is 0.297. The molecule has 2 nitrogen and oxygen atoms in total. The van der Waals surface area contributed by atoms with Crippen LogP contribution in [0.4, 0.5) is 0 Å². The van der Waals surface area contributed by atoms with Crippen LogP contribution in [0.25, 0.3) is 5.57 Å². The van der Waals surface area contributed by atoms with E-state index < -0.39 is 0 Å². The molecule has 2 aliphatic rings. The highest BCUT2D eigenvalue weighted by molar-refractivity contribution is 5.84. The molecule has 96 valence electrons.